The zero-order valence-corrected chi connectivity index (χ0v) is 14.2. The Labute approximate surface area is 154 Å². The molecule has 0 spiro atoms. The van der Waals surface area contributed by atoms with Gasteiger partial charge in [0.2, 0.25) is 0 Å². The Bertz CT molecular complexity index is 1100. The van der Waals surface area contributed by atoms with Crippen molar-refractivity contribution in [1.29, 1.82) is 0 Å². The van der Waals surface area contributed by atoms with Gasteiger partial charge in [0.05, 0.1) is 11.3 Å². The number of halogens is 1. The second-order valence-electron chi connectivity index (χ2n) is 6.02. The number of carbonyl (C=O) groups excluding carboxylic acids is 1. The number of anilines is 1. The van der Waals surface area contributed by atoms with Gasteiger partial charge in [-0.25, -0.2) is 4.39 Å². The van der Waals surface area contributed by atoms with Gasteiger partial charge in [-0.15, -0.1) is 0 Å². The van der Waals surface area contributed by atoms with E-state index >= 15 is 0 Å². The van der Waals surface area contributed by atoms with Gasteiger partial charge in [0.25, 0.3) is 0 Å². The molecule has 5 nitrogen and oxygen atoms in total. The van der Waals surface area contributed by atoms with Crippen LogP contribution < -0.4 is 5.73 Å². The lowest BCUT2D eigenvalue weighted by Gasteiger charge is -2.07. The van der Waals surface area contributed by atoms with Crippen molar-refractivity contribution in [1.82, 2.24) is 15.2 Å². The average molecular weight is 358 g/mol. The van der Waals surface area contributed by atoms with E-state index in [1.165, 1.54) is 12.1 Å². The van der Waals surface area contributed by atoms with Crippen LogP contribution in [0.15, 0.2) is 73.1 Å². The Morgan fingerprint density at radius 3 is 2.48 bits per heavy atom. The van der Waals surface area contributed by atoms with Gasteiger partial charge in [0, 0.05) is 29.1 Å². The van der Waals surface area contributed by atoms with Crippen LogP contribution in [0.4, 0.5) is 10.2 Å². The van der Waals surface area contributed by atoms with Gasteiger partial charge in [0.1, 0.15) is 5.82 Å². The molecule has 4 rings (SSSR count). The minimum atomic E-state index is -0.358. The molecular formula is C21H15FN4O. The van der Waals surface area contributed by atoms with Crippen LogP contribution in [0.1, 0.15) is 15.9 Å². The normalized spacial score (nSPS) is 10.7. The van der Waals surface area contributed by atoms with Crippen LogP contribution in [-0.2, 0) is 0 Å². The highest BCUT2D eigenvalue weighted by molar-refractivity contribution is 6.15. The largest absolute Gasteiger partial charge is 0.382 e. The minimum Gasteiger partial charge on any atom is -0.382 e. The number of rotatable bonds is 4. The van der Waals surface area contributed by atoms with Gasteiger partial charge in [-0.05, 0) is 42.0 Å². The fourth-order valence-corrected chi connectivity index (χ4v) is 2.93. The number of H-pyrrole nitrogens is 1. The Hall–Kier alpha value is -3.80. The maximum atomic E-state index is 13.2. The molecule has 0 amide bonds. The molecule has 0 bridgehead atoms. The second kappa shape index (κ2) is 6.84. The molecule has 27 heavy (non-hydrogen) atoms. The summed E-state index contributed by atoms with van der Waals surface area (Å²) in [6.45, 7) is 0. The summed E-state index contributed by atoms with van der Waals surface area (Å²) in [6.07, 6.45) is 3.43. The number of carbonyl (C=O) groups is 1. The van der Waals surface area contributed by atoms with Gasteiger partial charge >= 0.3 is 0 Å². The summed E-state index contributed by atoms with van der Waals surface area (Å²) in [5.74, 6) is -0.513. The molecule has 0 aliphatic heterocycles. The first-order valence-electron chi connectivity index (χ1n) is 8.28. The third-order valence-corrected chi connectivity index (χ3v) is 4.27. The van der Waals surface area contributed by atoms with Crippen LogP contribution >= 0.6 is 0 Å². The number of hydrogen-bond acceptors (Lipinski definition) is 4. The number of benzene rings is 2. The summed E-state index contributed by atoms with van der Waals surface area (Å²) in [4.78, 5) is 17.3. The van der Waals surface area contributed by atoms with E-state index < -0.39 is 0 Å². The predicted molar refractivity (Wildman–Crippen MR) is 101 cm³/mol. The summed E-state index contributed by atoms with van der Waals surface area (Å²) >= 11 is 0. The molecule has 0 radical (unpaired) electrons. The lowest BCUT2D eigenvalue weighted by atomic mass is 9.97. The van der Waals surface area contributed by atoms with Crippen LogP contribution in [0.2, 0.25) is 0 Å². The molecule has 0 saturated carbocycles. The van der Waals surface area contributed by atoms with Crippen LogP contribution in [0.25, 0.3) is 22.4 Å². The maximum Gasteiger partial charge on any atom is 0.199 e. The standard InChI is InChI=1S/C21H15FN4O/c22-17-8-6-13(7-9-17)19-18(21(23)26-25-19)20(27)15-4-1-3-14(11-15)16-5-2-10-24-12-16/h1-12H,(H3,23,25,26). The van der Waals surface area contributed by atoms with Crippen molar-refractivity contribution in [3.05, 3.63) is 90.0 Å². The van der Waals surface area contributed by atoms with Crippen LogP contribution in [0.5, 0.6) is 0 Å². The Kier molecular flexibility index (Phi) is 4.22. The molecule has 2 aromatic heterocycles. The fraction of sp³-hybridized carbons (Fsp3) is 0. The lowest BCUT2D eigenvalue weighted by Crippen LogP contribution is -2.05. The van der Waals surface area contributed by atoms with Crippen LogP contribution in [0.3, 0.4) is 0 Å². The number of aromatic nitrogens is 3. The van der Waals surface area contributed by atoms with E-state index in [0.717, 1.165) is 11.1 Å². The number of nitrogens with zero attached hydrogens (tertiary/aromatic N) is 2. The summed E-state index contributed by atoms with van der Waals surface area (Å²) in [7, 11) is 0. The van der Waals surface area contributed by atoms with Crippen molar-refractivity contribution in [2.45, 2.75) is 0 Å². The van der Waals surface area contributed by atoms with Gasteiger partial charge in [-0.3, -0.25) is 14.9 Å². The third kappa shape index (κ3) is 3.20. The van der Waals surface area contributed by atoms with E-state index in [4.69, 9.17) is 5.73 Å². The quantitative estimate of drug-likeness (QED) is 0.538. The SMILES string of the molecule is Nc1n[nH]c(-c2ccc(F)cc2)c1C(=O)c1cccc(-c2cccnc2)c1. The topological polar surface area (TPSA) is 84.7 Å². The first-order valence-corrected chi connectivity index (χ1v) is 8.28. The molecule has 2 aromatic carbocycles. The molecule has 4 aromatic rings. The highest BCUT2D eigenvalue weighted by Gasteiger charge is 2.21. The maximum absolute atomic E-state index is 13.2. The van der Waals surface area contributed by atoms with Crippen molar-refractivity contribution < 1.29 is 9.18 Å². The Morgan fingerprint density at radius 1 is 0.963 bits per heavy atom. The van der Waals surface area contributed by atoms with Crippen LogP contribution in [-0.4, -0.2) is 21.0 Å². The molecule has 0 atom stereocenters. The molecular weight excluding hydrogens is 343 g/mol. The second-order valence-corrected chi connectivity index (χ2v) is 6.02. The average Bonchev–Trinajstić information content (AvgIpc) is 3.10. The highest BCUT2D eigenvalue weighted by Crippen LogP contribution is 2.29. The minimum absolute atomic E-state index is 0.103. The number of pyridine rings is 1. The van der Waals surface area contributed by atoms with Crippen molar-refractivity contribution in [2.75, 3.05) is 5.73 Å². The van der Waals surface area contributed by atoms with E-state index in [1.807, 2.05) is 24.3 Å². The smallest absolute Gasteiger partial charge is 0.199 e. The monoisotopic (exact) mass is 358 g/mol. The van der Waals surface area contributed by atoms with E-state index in [1.54, 1.807) is 36.7 Å². The first kappa shape index (κ1) is 16.7. The fourth-order valence-electron chi connectivity index (χ4n) is 2.93. The summed E-state index contributed by atoms with van der Waals surface area (Å²) < 4.78 is 13.2. The van der Waals surface area contributed by atoms with E-state index in [9.17, 15) is 9.18 Å². The molecule has 0 saturated heterocycles. The molecule has 132 valence electrons. The number of hydrogen-bond donors (Lipinski definition) is 2. The Morgan fingerprint density at radius 2 is 1.74 bits per heavy atom. The summed E-state index contributed by atoms with van der Waals surface area (Å²) in [5.41, 5.74) is 9.57. The molecule has 0 aliphatic rings. The molecule has 0 unspecified atom stereocenters. The molecule has 6 heteroatoms. The third-order valence-electron chi connectivity index (χ3n) is 4.27. The first-order chi connectivity index (χ1) is 13.1. The van der Waals surface area contributed by atoms with E-state index in [0.29, 0.717) is 16.8 Å². The zero-order valence-electron chi connectivity index (χ0n) is 14.2. The van der Waals surface area contributed by atoms with Crippen LogP contribution in [0, 0.1) is 5.82 Å². The van der Waals surface area contributed by atoms with Crippen molar-refractivity contribution in [3.8, 4) is 22.4 Å². The van der Waals surface area contributed by atoms with Gasteiger partial charge in [-0.1, -0.05) is 24.3 Å². The molecule has 0 fully saturated rings. The predicted octanol–water partition coefficient (Wildman–Crippen LogP) is 4.09. The summed E-state index contributed by atoms with van der Waals surface area (Å²) in [6, 6.07) is 16.8. The number of nitrogens with one attached hydrogen (secondary N) is 1. The van der Waals surface area contributed by atoms with Gasteiger partial charge in [-0.2, -0.15) is 5.10 Å². The number of ketones is 1. The van der Waals surface area contributed by atoms with Crippen molar-refractivity contribution >= 4 is 11.6 Å². The highest BCUT2D eigenvalue weighted by atomic mass is 19.1. The number of nitrogen functional groups attached to an aromatic ring is 1. The molecule has 0 aliphatic carbocycles. The zero-order chi connectivity index (χ0) is 18.8. The number of nitrogens with two attached hydrogens (primary N) is 1. The number of aromatic amines is 1. The summed E-state index contributed by atoms with van der Waals surface area (Å²) in [5, 5.41) is 6.75. The Balaban J connectivity index is 1.76. The molecule has 3 N–H and O–H groups in total. The van der Waals surface area contributed by atoms with E-state index in [-0.39, 0.29) is 23.0 Å². The van der Waals surface area contributed by atoms with Crippen molar-refractivity contribution in [2.24, 2.45) is 0 Å². The molecule has 2 heterocycles. The van der Waals surface area contributed by atoms with E-state index in [2.05, 4.69) is 15.2 Å². The lowest BCUT2D eigenvalue weighted by molar-refractivity contribution is 0.104. The van der Waals surface area contributed by atoms with Gasteiger partial charge in [0.15, 0.2) is 11.6 Å². The van der Waals surface area contributed by atoms with Gasteiger partial charge < -0.3 is 5.73 Å². The van der Waals surface area contributed by atoms with Crippen molar-refractivity contribution in [3.63, 3.8) is 0 Å².